The molecule has 3 N–H and O–H groups in total. The summed E-state index contributed by atoms with van der Waals surface area (Å²) in [5.74, 6) is -1.39. The minimum Gasteiger partial charge on any atom is -0.493 e. The number of ether oxygens (including phenoxy) is 3. The van der Waals surface area contributed by atoms with Crippen molar-refractivity contribution in [3.8, 4) is 23.0 Å². The number of fused-ring (bicyclic) bond motifs is 1. The first kappa shape index (κ1) is 31.4. The van der Waals surface area contributed by atoms with Gasteiger partial charge in [-0.15, -0.1) is 0 Å². The molecule has 14 heteroatoms. The van der Waals surface area contributed by atoms with Crippen molar-refractivity contribution < 1.29 is 41.4 Å². The Labute approximate surface area is 255 Å². The van der Waals surface area contributed by atoms with E-state index in [4.69, 9.17) is 14.2 Å². The number of piperidine rings is 1. The second-order valence-electron chi connectivity index (χ2n) is 10.3. The van der Waals surface area contributed by atoms with E-state index in [2.05, 4.69) is 25.9 Å². The zero-order valence-electron chi connectivity index (χ0n) is 24.0. The third-order valence-corrected chi connectivity index (χ3v) is 7.10. The number of nitrogens with zero attached hydrogens (tertiary/aromatic N) is 2. The molecule has 10 nitrogen and oxygen atoms in total. The van der Waals surface area contributed by atoms with Crippen molar-refractivity contribution in [1.82, 2.24) is 20.6 Å². The molecule has 1 fully saturated rings. The number of anilines is 1. The van der Waals surface area contributed by atoms with Gasteiger partial charge in [-0.05, 0) is 67.7 Å². The van der Waals surface area contributed by atoms with Gasteiger partial charge in [-0.25, -0.2) is 4.39 Å². The number of pyridine rings is 2. The van der Waals surface area contributed by atoms with Gasteiger partial charge in [0.05, 0.1) is 19.2 Å². The number of alkyl halides is 3. The average molecular weight is 628 g/mol. The number of rotatable bonds is 9. The highest BCUT2D eigenvalue weighted by Gasteiger charge is 2.32. The van der Waals surface area contributed by atoms with Crippen LogP contribution >= 0.6 is 0 Å². The summed E-state index contributed by atoms with van der Waals surface area (Å²) in [5.41, 5.74) is -0.299. The van der Waals surface area contributed by atoms with E-state index in [-0.39, 0.29) is 23.5 Å². The summed E-state index contributed by atoms with van der Waals surface area (Å²) in [4.78, 5) is 32.2. The molecule has 2 aromatic heterocycles. The van der Waals surface area contributed by atoms with E-state index in [9.17, 15) is 22.8 Å². The van der Waals surface area contributed by atoms with Gasteiger partial charge in [-0.1, -0.05) is 6.07 Å². The van der Waals surface area contributed by atoms with Crippen LogP contribution in [-0.2, 0) is 22.3 Å². The largest absolute Gasteiger partial charge is 0.493 e. The predicted molar refractivity (Wildman–Crippen MR) is 156 cm³/mol. The summed E-state index contributed by atoms with van der Waals surface area (Å²) >= 11 is 0. The summed E-state index contributed by atoms with van der Waals surface area (Å²) in [7, 11) is 1.52. The molecule has 5 rings (SSSR count). The highest BCUT2D eigenvalue weighted by atomic mass is 19.4. The second kappa shape index (κ2) is 13.8. The summed E-state index contributed by atoms with van der Waals surface area (Å²) in [5, 5.41) is 8.43. The Kier molecular flexibility index (Phi) is 9.62. The minimum atomic E-state index is -4.59. The molecule has 2 amide bonds. The monoisotopic (exact) mass is 627 g/mol. The van der Waals surface area contributed by atoms with Crippen LogP contribution in [0.1, 0.15) is 24.1 Å². The molecule has 45 heavy (non-hydrogen) atoms. The molecule has 3 heterocycles. The van der Waals surface area contributed by atoms with E-state index in [0.29, 0.717) is 40.7 Å². The number of carbonyl (C=O) groups excluding carboxylic acids is 2. The number of amides is 2. The smallest absolute Gasteiger partial charge is 0.433 e. The molecule has 0 radical (unpaired) electrons. The van der Waals surface area contributed by atoms with E-state index >= 15 is 4.39 Å². The minimum absolute atomic E-state index is 0.0204. The van der Waals surface area contributed by atoms with E-state index in [1.165, 1.54) is 25.4 Å². The summed E-state index contributed by atoms with van der Waals surface area (Å²) in [6.07, 6.45) is -0.0796. The molecular formula is C31H29F4N5O5. The molecule has 0 spiro atoms. The topological polar surface area (TPSA) is 124 Å². The zero-order chi connectivity index (χ0) is 32.0. The lowest BCUT2D eigenvalue weighted by Gasteiger charge is -2.23. The first-order valence-corrected chi connectivity index (χ1v) is 14.0. The Hall–Kier alpha value is -4.98. The fourth-order valence-electron chi connectivity index (χ4n) is 4.67. The Morgan fingerprint density at radius 2 is 1.76 bits per heavy atom. The van der Waals surface area contributed by atoms with Crippen LogP contribution in [0.5, 0.6) is 23.0 Å². The second-order valence-corrected chi connectivity index (χ2v) is 10.3. The standard InChI is InChI=1S/C31H29F4N5O5/c1-43-26-13-21-23(14-27(26)44-17-18-6-9-36-10-7-18)37-11-8-24(21)45-25-4-3-20(12-22(25)32)40-30(42)29(41)39-16-19-2-5-28(38-15-19)31(33,34)35/h2-5,8,11-15,18,36H,6-7,9-10,16-17H2,1H3,(H,39,41)(H,40,42). The van der Waals surface area contributed by atoms with E-state index < -0.39 is 29.5 Å². The Morgan fingerprint density at radius 3 is 2.44 bits per heavy atom. The molecule has 1 aliphatic rings. The predicted octanol–water partition coefficient (Wildman–Crippen LogP) is 5.22. The van der Waals surface area contributed by atoms with E-state index in [1.807, 2.05) is 0 Å². The Morgan fingerprint density at radius 1 is 0.956 bits per heavy atom. The Bertz CT molecular complexity index is 1680. The van der Waals surface area contributed by atoms with Gasteiger partial charge >= 0.3 is 18.0 Å². The SMILES string of the molecule is COc1cc2c(Oc3ccc(NC(=O)C(=O)NCc4ccc(C(F)(F)F)nc4)cc3F)ccnc2cc1OCC1CCNCC1. The number of carbonyl (C=O) groups is 2. The van der Waals surface area contributed by atoms with Crippen molar-refractivity contribution >= 4 is 28.4 Å². The third kappa shape index (κ3) is 7.95. The lowest BCUT2D eigenvalue weighted by atomic mass is 9.99. The van der Waals surface area contributed by atoms with Crippen molar-refractivity contribution in [2.24, 2.45) is 5.92 Å². The number of halogens is 4. The fraction of sp³-hybridized carbons (Fsp3) is 0.290. The van der Waals surface area contributed by atoms with Crippen LogP contribution in [0.4, 0.5) is 23.2 Å². The summed E-state index contributed by atoms with van der Waals surface area (Å²) in [6, 6.07) is 10.5. The number of aromatic nitrogens is 2. The maximum Gasteiger partial charge on any atom is 0.433 e. The third-order valence-electron chi connectivity index (χ3n) is 7.10. The molecule has 0 bridgehead atoms. The molecule has 0 aliphatic carbocycles. The normalized spacial score (nSPS) is 13.7. The maximum absolute atomic E-state index is 15.0. The number of methoxy groups -OCH3 is 1. The molecule has 0 unspecified atom stereocenters. The fourth-order valence-corrected chi connectivity index (χ4v) is 4.67. The molecule has 0 saturated carbocycles. The van der Waals surface area contributed by atoms with Gasteiger partial charge in [-0.2, -0.15) is 13.2 Å². The van der Waals surface area contributed by atoms with E-state index in [0.717, 1.165) is 50.3 Å². The maximum atomic E-state index is 15.0. The summed E-state index contributed by atoms with van der Waals surface area (Å²) < 4.78 is 70.5. The molecule has 4 aromatic rings. The van der Waals surface area contributed by atoms with Gasteiger partial charge in [-0.3, -0.25) is 19.6 Å². The Balaban J connectivity index is 1.21. The van der Waals surface area contributed by atoms with Crippen molar-refractivity contribution in [2.45, 2.75) is 25.6 Å². The van der Waals surface area contributed by atoms with Gasteiger partial charge in [0.15, 0.2) is 23.1 Å². The van der Waals surface area contributed by atoms with Crippen LogP contribution in [0.2, 0.25) is 0 Å². The number of benzene rings is 2. The molecule has 2 aromatic carbocycles. The molecule has 1 saturated heterocycles. The zero-order valence-corrected chi connectivity index (χ0v) is 24.0. The van der Waals surface area contributed by atoms with Gasteiger partial charge in [0.1, 0.15) is 11.4 Å². The van der Waals surface area contributed by atoms with Crippen LogP contribution < -0.4 is 30.2 Å². The lowest BCUT2D eigenvalue weighted by molar-refractivity contribution is -0.141. The van der Waals surface area contributed by atoms with Gasteiger partial charge in [0.25, 0.3) is 0 Å². The van der Waals surface area contributed by atoms with Crippen molar-refractivity contribution in [3.05, 3.63) is 78.0 Å². The highest BCUT2D eigenvalue weighted by molar-refractivity contribution is 6.39. The lowest BCUT2D eigenvalue weighted by Crippen LogP contribution is -2.35. The molecular weight excluding hydrogens is 598 g/mol. The van der Waals surface area contributed by atoms with Crippen LogP contribution in [0, 0.1) is 11.7 Å². The number of hydrogen-bond acceptors (Lipinski definition) is 8. The van der Waals surface area contributed by atoms with Crippen LogP contribution in [-0.4, -0.2) is 48.6 Å². The van der Waals surface area contributed by atoms with Crippen molar-refractivity contribution in [1.29, 1.82) is 0 Å². The average Bonchev–Trinajstić information content (AvgIpc) is 3.03. The summed E-state index contributed by atoms with van der Waals surface area (Å²) in [6.45, 7) is 2.22. The quantitative estimate of drug-likeness (QED) is 0.171. The van der Waals surface area contributed by atoms with E-state index in [1.54, 1.807) is 18.2 Å². The van der Waals surface area contributed by atoms with Gasteiger partial charge < -0.3 is 30.2 Å². The van der Waals surface area contributed by atoms with Gasteiger partial charge in [0.2, 0.25) is 0 Å². The first-order valence-electron chi connectivity index (χ1n) is 14.0. The van der Waals surface area contributed by atoms with Gasteiger partial charge in [0, 0.05) is 42.1 Å². The molecule has 0 atom stereocenters. The van der Waals surface area contributed by atoms with Crippen LogP contribution in [0.3, 0.4) is 0 Å². The van der Waals surface area contributed by atoms with Crippen LogP contribution in [0.15, 0.2) is 60.9 Å². The number of nitrogens with one attached hydrogen (secondary N) is 3. The van der Waals surface area contributed by atoms with Crippen LogP contribution in [0.25, 0.3) is 10.9 Å². The molecule has 236 valence electrons. The molecule has 1 aliphatic heterocycles. The van der Waals surface area contributed by atoms with Crippen molar-refractivity contribution in [3.63, 3.8) is 0 Å². The number of hydrogen-bond donors (Lipinski definition) is 3. The highest BCUT2D eigenvalue weighted by Crippen LogP contribution is 2.38. The first-order chi connectivity index (χ1) is 21.6. The van der Waals surface area contributed by atoms with Crippen molar-refractivity contribution in [2.75, 3.05) is 32.1 Å².